The first-order valence-corrected chi connectivity index (χ1v) is 16.4. The summed E-state index contributed by atoms with van der Waals surface area (Å²) in [7, 11) is 0. The van der Waals surface area contributed by atoms with E-state index in [1.165, 1.54) is 32.1 Å². The number of hydrogen-bond donors (Lipinski definition) is 3. The monoisotopic (exact) mass is 536 g/mol. The maximum absolute atomic E-state index is 12.6. The second-order valence-electron chi connectivity index (χ2n) is 14.3. The zero-order chi connectivity index (χ0) is 26.5. The van der Waals surface area contributed by atoms with Crippen LogP contribution in [0.1, 0.15) is 105 Å². The van der Waals surface area contributed by atoms with Crippen LogP contribution in [0, 0.1) is 52.3 Å². The Kier molecular flexibility index (Phi) is 8.34. The fraction of sp³-hybridized carbons (Fsp3) is 0.968. The van der Waals surface area contributed by atoms with E-state index < -0.39 is 5.44 Å². The Morgan fingerprint density at radius 2 is 1.70 bits per heavy atom. The van der Waals surface area contributed by atoms with Crippen LogP contribution in [0.25, 0.3) is 0 Å². The summed E-state index contributed by atoms with van der Waals surface area (Å²) >= 11 is 1.55. The van der Waals surface area contributed by atoms with Crippen LogP contribution in [0.4, 0.5) is 0 Å². The second kappa shape index (κ2) is 10.9. The maximum atomic E-state index is 12.6. The molecule has 5 nitrogen and oxygen atoms in total. The molecule has 0 aromatic heterocycles. The fourth-order valence-corrected chi connectivity index (χ4v) is 11.3. The predicted molar refractivity (Wildman–Crippen MR) is 148 cm³/mol. The van der Waals surface area contributed by atoms with Gasteiger partial charge >= 0.3 is 5.97 Å². The van der Waals surface area contributed by atoms with Crippen molar-refractivity contribution in [2.45, 2.75) is 128 Å². The third-order valence-corrected chi connectivity index (χ3v) is 13.5. The van der Waals surface area contributed by atoms with Crippen molar-refractivity contribution in [2.75, 3.05) is 5.75 Å². The molecule has 1 heterocycles. The first-order valence-electron chi connectivity index (χ1n) is 15.4. The Bertz CT molecular complexity index is 819. The van der Waals surface area contributed by atoms with Crippen LogP contribution in [-0.2, 0) is 9.53 Å². The van der Waals surface area contributed by atoms with E-state index >= 15 is 0 Å². The molecule has 0 bridgehead atoms. The van der Waals surface area contributed by atoms with Gasteiger partial charge in [0.2, 0.25) is 0 Å². The van der Waals surface area contributed by atoms with Gasteiger partial charge in [-0.2, -0.15) is 0 Å². The molecule has 0 aromatic rings. The number of hydrogen-bond acceptors (Lipinski definition) is 6. The van der Waals surface area contributed by atoms with Crippen LogP contribution in [0.3, 0.4) is 0 Å². The molecule has 0 amide bonds. The van der Waals surface area contributed by atoms with Gasteiger partial charge in [-0.25, -0.2) is 0 Å². The predicted octanol–water partition coefficient (Wildman–Crippen LogP) is 5.79. The number of carbonyl (C=O) groups is 1. The first-order chi connectivity index (χ1) is 17.5. The van der Waals surface area contributed by atoms with Crippen LogP contribution in [0.5, 0.6) is 0 Å². The average molecular weight is 537 g/mol. The summed E-state index contributed by atoms with van der Waals surface area (Å²) < 4.78 is 5.71. The Morgan fingerprint density at radius 3 is 2.43 bits per heavy atom. The van der Waals surface area contributed by atoms with Crippen LogP contribution in [-0.4, -0.2) is 50.8 Å². The van der Waals surface area contributed by atoms with Crippen molar-refractivity contribution >= 4 is 17.7 Å². The minimum atomic E-state index is -0.406. The Labute approximate surface area is 228 Å². The van der Waals surface area contributed by atoms with Crippen molar-refractivity contribution in [3.05, 3.63) is 0 Å². The molecule has 6 heteroatoms. The molecule has 3 N–H and O–H groups in total. The fourth-order valence-electron chi connectivity index (χ4n) is 10.3. The van der Waals surface area contributed by atoms with Crippen LogP contribution in [0.2, 0.25) is 0 Å². The minimum Gasteiger partial charge on any atom is -0.462 e. The Morgan fingerprint density at radius 1 is 0.973 bits per heavy atom. The lowest BCUT2D eigenvalue weighted by molar-refractivity contribution is -0.173. The number of esters is 1. The normalized spacial score (nSPS) is 49.3. The highest BCUT2D eigenvalue weighted by Crippen LogP contribution is 2.68. The van der Waals surface area contributed by atoms with Crippen molar-refractivity contribution in [1.29, 1.82) is 0 Å². The third kappa shape index (κ3) is 5.27. The highest BCUT2D eigenvalue weighted by molar-refractivity contribution is 7.99. The molecule has 1 aliphatic heterocycles. The molecule has 0 spiro atoms. The molecule has 4 saturated carbocycles. The third-order valence-electron chi connectivity index (χ3n) is 12.5. The molecule has 5 fully saturated rings. The highest BCUT2D eigenvalue weighted by atomic mass is 32.2. The molecule has 5 aliphatic rings. The molecule has 4 aliphatic carbocycles. The lowest BCUT2D eigenvalue weighted by Gasteiger charge is -2.63. The minimum absolute atomic E-state index is 0.103. The molecule has 0 radical (unpaired) electrons. The SMILES string of the molecule is CC(O)C1CCC2(C)C(CC(O)C3C2CCC2(C)C(C(C)CCC(=O)OC4CCSC(O)C4)CCC32)C1. The van der Waals surface area contributed by atoms with E-state index in [0.29, 0.717) is 59.7 Å². The molecule has 13 atom stereocenters. The number of carbonyl (C=O) groups excluding carboxylic acids is 1. The van der Waals surface area contributed by atoms with Gasteiger partial charge in [-0.1, -0.05) is 20.8 Å². The Hall–Kier alpha value is -0.300. The zero-order valence-corrected chi connectivity index (χ0v) is 24.4. The molecule has 13 unspecified atom stereocenters. The van der Waals surface area contributed by atoms with Gasteiger partial charge in [0, 0.05) is 12.8 Å². The van der Waals surface area contributed by atoms with Crippen molar-refractivity contribution in [1.82, 2.24) is 0 Å². The van der Waals surface area contributed by atoms with Crippen molar-refractivity contribution in [3.63, 3.8) is 0 Å². The molecule has 1 saturated heterocycles. The molecular formula is C31H52O5S. The molecular weight excluding hydrogens is 484 g/mol. The zero-order valence-electron chi connectivity index (χ0n) is 23.6. The van der Waals surface area contributed by atoms with E-state index in [1.54, 1.807) is 11.8 Å². The maximum Gasteiger partial charge on any atom is 0.306 e. The van der Waals surface area contributed by atoms with Crippen LogP contribution < -0.4 is 0 Å². The summed E-state index contributed by atoms with van der Waals surface area (Å²) in [4.78, 5) is 12.6. The van der Waals surface area contributed by atoms with E-state index in [1.807, 2.05) is 6.92 Å². The lowest BCUT2D eigenvalue weighted by Crippen LogP contribution is -2.58. The van der Waals surface area contributed by atoms with E-state index in [9.17, 15) is 20.1 Å². The van der Waals surface area contributed by atoms with E-state index in [0.717, 1.165) is 37.9 Å². The number of aliphatic hydroxyl groups excluding tert-OH is 3. The highest BCUT2D eigenvalue weighted by Gasteiger charge is 2.63. The molecule has 5 rings (SSSR count). The van der Waals surface area contributed by atoms with Crippen molar-refractivity contribution in [3.8, 4) is 0 Å². The smallest absolute Gasteiger partial charge is 0.306 e. The van der Waals surface area contributed by atoms with E-state index in [-0.39, 0.29) is 29.7 Å². The van der Waals surface area contributed by atoms with Gasteiger partial charge in [0.05, 0.1) is 12.2 Å². The lowest BCUT2D eigenvalue weighted by atomic mass is 9.43. The van der Waals surface area contributed by atoms with Gasteiger partial charge in [-0.3, -0.25) is 4.79 Å². The van der Waals surface area contributed by atoms with Crippen LogP contribution in [0.15, 0.2) is 0 Å². The Balaban J connectivity index is 1.21. The molecule has 0 aromatic carbocycles. The van der Waals surface area contributed by atoms with Gasteiger partial charge in [-0.15, -0.1) is 11.8 Å². The number of thioether (sulfide) groups is 1. The van der Waals surface area contributed by atoms with Crippen molar-refractivity contribution in [2.24, 2.45) is 52.3 Å². The average Bonchev–Trinajstić information content (AvgIpc) is 3.20. The van der Waals surface area contributed by atoms with Gasteiger partial charge in [-0.05, 0) is 129 Å². The van der Waals surface area contributed by atoms with E-state index in [2.05, 4.69) is 20.8 Å². The summed E-state index contributed by atoms with van der Waals surface area (Å²) in [6, 6.07) is 0. The summed E-state index contributed by atoms with van der Waals surface area (Å²) in [5.41, 5.74) is 0.141. The van der Waals surface area contributed by atoms with Gasteiger partial charge in [0.15, 0.2) is 0 Å². The standard InChI is InChI=1S/C31H52O5S/c1-18(5-8-27(34)36-22-11-14-37-28(35)17-22)23-6-7-24-29-25(10-13-31(23,24)4)30(3)12-9-20(19(2)32)15-21(30)16-26(29)33/h18-26,28-29,32-33,35H,5-17H2,1-4H3. The quantitative estimate of drug-likeness (QED) is 0.373. The molecule has 212 valence electrons. The summed E-state index contributed by atoms with van der Waals surface area (Å²) in [6.07, 6.45) is 11.3. The van der Waals surface area contributed by atoms with Crippen LogP contribution >= 0.6 is 11.8 Å². The van der Waals surface area contributed by atoms with Gasteiger partial charge < -0.3 is 20.1 Å². The first kappa shape index (κ1) is 28.2. The number of fused-ring (bicyclic) bond motifs is 5. The van der Waals surface area contributed by atoms with Gasteiger partial charge in [0.25, 0.3) is 0 Å². The largest absolute Gasteiger partial charge is 0.462 e. The number of rotatable bonds is 6. The van der Waals surface area contributed by atoms with E-state index in [4.69, 9.17) is 4.74 Å². The summed E-state index contributed by atoms with van der Waals surface area (Å²) in [5, 5.41) is 31.7. The second-order valence-corrected chi connectivity index (χ2v) is 15.6. The van der Waals surface area contributed by atoms with Crippen molar-refractivity contribution < 1.29 is 24.9 Å². The number of ether oxygens (including phenoxy) is 1. The summed E-state index contributed by atoms with van der Waals surface area (Å²) in [5.74, 6) is 4.33. The van der Waals surface area contributed by atoms with Gasteiger partial charge in [0.1, 0.15) is 11.5 Å². The topological polar surface area (TPSA) is 87.0 Å². The number of aliphatic hydroxyl groups is 3. The molecule has 37 heavy (non-hydrogen) atoms. The summed E-state index contributed by atoms with van der Waals surface area (Å²) in [6.45, 7) is 9.31.